The molecule has 0 fully saturated rings. The number of ketones is 3. The van der Waals surface area contributed by atoms with E-state index in [2.05, 4.69) is 6.92 Å². The van der Waals surface area contributed by atoms with Crippen molar-refractivity contribution in [2.24, 2.45) is 0 Å². The fraction of sp³-hybridized carbons (Fsp3) is 0.786. The predicted octanol–water partition coefficient (Wildman–Crippen LogP) is 7.66. The number of unbranched alkanes of at least 4 members (excludes halogenated alkanes) is 17. The summed E-state index contributed by atoms with van der Waals surface area (Å²) >= 11 is 0. The van der Waals surface area contributed by atoms with Crippen LogP contribution in [0.3, 0.4) is 0 Å². The van der Waals surface area contributed by atoms with Gasteiger partial charge < -0.3 is 0 Å². The normalized spacial score (nSPS) is 11.2. The second-order valence-electron chi connectivity index (χ2n) is 9.07. The van der Waals surface area contributed by atoms with Gasteiger partial charge in [-0.05, 0) is 31.8 Å². The number of Topliss-reactive ketones (excluding diaryl/α,β-unsaturated/α-hetero) is 2. The van der Waals surface area contributed by atoms with Crippen LogP contribution in [0.25, 0.3) is 0 Å². The molecule has 0 aliphatic carbocycles. The van der Waals surface area contributed by atoms with E-state index < -0.39 is 11.6 Å². The number of carbonyl (C=O) groups excluding carboxylic acids is 4. The lowest BCUT2D eigenvalue weighted by Gasteiger charge is -2.03. The van der Waals surface area contributed by atoms with Gasteiger partial charge in [0.25, 0.3) is 5.78 Å². The summed E-state index contributed by atoms with van der Waals surface area (Å²) in [4.78, 5) is 44.1. The first-order valence-electron chi connectivity index (χ1n) is 13.3. The van der Waals surface area contributed by atoms with Crippen LogP contribution in [0, 0.1) is 0 Å². The summed E-state index contributed by atoms with van der Waals surface area (Å²) in [7, 11) is 0. The maximum Gasteiger partial charge on any atom is 0.260 e. The van der Waals surface area contributed by atoms with Gasteiger partial charge in [0.2, 0.25) is 5.78 Å². The Morgan fingerprint density at radius 1 is 0.562 bits per heavy atom. The Morgan fingerprint density at radius 2 is 1.00 bits per heavy atom. The van der Waals surface area contributed by atoms with Crippen molar-refractivity contribution in [2.45, 2.75) is 142 Å². The summed E-state index contributed by atoms with van der Waals surface area (Å²) in [5, 5.41) is 0. The molecule has 0 aromatic heterocycles. The maximum atomic E-state index is 11.8. The molecule has 0 aromatic carbocycles. The fourth-order valence-electron chi connectivity index (χ4n) is 3.88. The third-order valence-electron chi connectivity index (χ3n) is 5.99. The predicted molar refractivity (Wildman–Crippen MR) is 133 cm³/mol. The van der Waals surface area contributed by atoms with E-state index in [9.17, 15) is 19.2 Å². The van der Waals surface area contributed by atoms with Crippen molar-refractivity contribution in [1.29, 1.82) is 0 Å². The monoisotopic (exact) mass is 448 g/mol. The highest BCUT2D eigenvalue weighted by atomic mass is 16.2. The molecule has 32 heavy (non-hydrogen) atoms. The van der Waals surface area contributed by atoms with Crippen LogP contribution in [0.1, 0.15) is 142 Å². The van der Waals surface area contributed by atoms with Gasteiger partial charge in [-0.3, -0.25) is 19.2 Å². The zero-order chi connectivity index (χ0) is 23.7. The van der Waals surface area contributed by atoms with Crippen molar-refractivity contribution in [1.82, 2.24) is 0 Å². The third-order valence-corrected chi connectivity index (χ3v) is 5.99. The molecule has 0 aliphatic heterocycles. The highest BCUT2D eigenvalue weighted by Gasteiger charge is 2.10. The standard InChI is InChI=1S/C28H48O4/c1-2-3-4-5-6-7-8-9-10-11-12-13-14-15-16-19-22-26(30)23-20-17-18-21-24-27(31)28(32)25-29/h20,23,25H,2-19,21-22,24H2,1H3. The maximum absolute atomic E-state index is 11.8. The molecule has 0 aliphatic rings. The van der Waals surface area contributed by atoms with Crippen LogP contribution in [0.2, 0.25) is 0 Å². The molecule has 0 N–H and O–H groups in total. The van der Waals surface area contributed by atoms with E-state index in [1.165, 1.54) is 89.9 Å². The molecule has 0 radical (unpaired) electrons. The molecule has 0 amide bonds. The lowest BCUT2D eigenvalue weighted by Crippen LogP contribution is -2.14. The number of hydrogen-bond acceptors (Lipinski definition) is 4. The molecule has 0 aromatic rings. The molecule has 0 spiro atoms. The van der Waals surface area contributed by atoms with Crippen LogP contribution in [0.15, 0.2) is 12.2 Å². The first-order valence-corrected chi connectivity index (χ1v) is 13.3. The van der Waals surface area contributed by atoms with Crippen LogP contribution in [0.5, 0.6) is 0 Å². The van der Waals surface area contributed by atoms with Gasteiger partial charge in [0.05, 0.1) is 0 Å². The van der Waals surface area contributed by atoms with Crippen molar-refractivity contribution in [3.05, 3.63) is 12.2 Å². The van der Waals surface area contributed by atoms with Crippen LogP contribution in [-0.4, -0.2) is 23.6 Å². The number of hydrogen-bond donors (Lipinski definition) is 0. The largest absolute Gasteiger partial charge is 0.295 e. The Labute approximate surface area is 197 Å². The van der Waals surface area contributed by atoms with Gasteiger partial charge in [-0.25, -0.2) is 0 Å². The van der Waals surface area contributed by atoms with Crippen molar-refractivity contribution in [3.8, 4) is 0 Å². The van der Waals surface area contributed by atoms with Crippen molar-refractivity contribution >= 4 is 23.6 Å². The number of allylic oxidation sites excluding steroid dienone is 2. The third kappa shape index (κ3) is 21.6. The lowest BCUT2D eigenvalue weighted by atomic mass is 10.0. The minimum Gasteiger partial charge on any atom is -0.295 e. The SMILES string of the molecule is CCCCCCCCCCCCCCCCCCC(=O)C=CCCCCC(=O)C(=O)C=O. The summed E-state index contributed by atoms with van der Waals surface area (Å²) in [6, 6.07) is 0. The van der Waals surface area contributed by atoms with E-state index in [1.54, 1.807) is 6.08 Å². The molecule has 4 nitrogen and oxygen atoms in total. The van der Waals surface area contributed by atoms with Gasteiger partial charge in [0, 0.05) is 12.8 Å². The Bertz CT molecular complexity index is 522. The Balaban J connectivity index is 3.32. The van der Waals surface area contributed by atoms with Crippen LogP contribution in [-0.2, 0) is 19.2 Å². The van der Waals surface area contributed by atoms with Crippen molar-refractivity contribution < 1.29 is 19.2 Å². The second-order valence-corrected chi connectivity index (χ2v) is 9.07. The van der Waals surface area contributed by atoms with Gasteiger partial charge in [0.1, 0.15) is 0 Å². The fourth-order valence-corrected chi connectivity index (χ4v) is 3.88. The first kappa shape index (κ1) is 30.4. The molecule has 184 valence electrons. The molecule has 0 unspecified atom stereocenters. The summed E-state index contributed by atoms with van der Waals surface area (Å²) in [5.41, 5.74) is 0. The van der Waals surface area contributed by atoms with E-state index in [0.717, 1.165) is 19.3 Å². The summed E-state index contributed by atoms with van der Waals surface area (Å²) < 4.78 is 0. The van der Waals surface area contributed by atoms with Gasteiger partial charge in [0.15, 0.2) is 12.1 Å². The van der Waals surface area contributed by atoms with Gasteiger partial charge in [-0.15, -0.1) is 0 Å². The van der Waals surface area contributed by atoms with E-state index >= 15 is 0 Å². The Kier molecular flexibility index (Phi) is 22.9. The minimum absolute atomic E-state index is 0.0691. The molecule has 0 rings (SSSR count). The highest BCUT2D eigenvalue weighted by molar-refractivity contribution is 6.57. The van der Waals surface area contributed by atoms with Crippen LogP contribution >= 0.6 is 0 Å². The first-order chi connectivity index (χ1) is 15.6. The van der Waals surface area contributed by atoms with Gasteiger partial charge in [-0.1, -0.05) is 109 Å². The average Bonchev–Trinajstić information content (AvgIpc) is 2.80. The molecule has 0 bridgehead atoms. The van der Waals surface area contributed by atoms with Gasteiger partial charge in [-0.2, -0.15) is 0 Å². The molecular formula is C28H48O4. The topological polar surface area (TPSA) is 68.3 Å². The Hall–Kier alpha value is -1.58. The summed E-state index contributed by atoms with van der Waals surface area (Å²) in [5.74, 6) is -1.40. The Morgan fingerprint density at radius 3 is 1.47 bits per heavy atom. The number of rotatable bonds is 25. The van der Waals surface area contributed by atoms with E-state index in [0.29, 0.717) is 19.3 Å². The van der Waals surface area contributed by atoms with Crippen LogP contribution in [0.4, 0.5) is 0 Å². The summed E-state index contributed by atoms with van der Waals surface area (Å²) in [6.45, 7) is 2.27. The molecule has 0 saturated heterocycles. The quantitative estimate of drug-likeness (QED) is 0.0472. The average molecular weight is 449 g/mol. The van der Waals surface area contributed by atoms with Gasteiger partial charge >= 0.3 is 0 Å². The van der Waals surface area contributed by atoms with E-state index in [4.69, 9.17) is 0 Å². The lowest BCUT2D eigenvalue weighted by molar-refractivity contribution is -0.140. The smallest absolute Gasteiger partial charge is 0.260 e. The van der Waals surface area contributed by atoms with Crippen molar-refractivity contribution in [3.63, 3.8) is 0 Å². The minimum atomic E-state index is -0.950. The van der Waals surface area contributed by atoms with E-state index in [1.807, 2.05) is 6.08 Å². The van der Waals surface area contributed by atoms with Crippen molar-refractivity contribution in [2.75, 3.05) is 0 Å². The number of aldehydes is 1. The number of carbonyl (C=O) groups is 4. The zero-order valence-electron chi connectivity index (χ0n) is 20.7. The van der Waals surface area contributed by atoms with Crippen LogP contribution < -0.4 is 0 Å². The second kappa shape index (κ2) is 24.1. The molecule has 4 heteroatoms. The summed E-state index contributed by atoms with van der Waals surface area (Å²) in [6.07, 6.45) is 27.6. The zero-order valence-corrected chi connectivity index (χ0v) is 20.7. The highest BCUT2D eigenvalue weighted by Crippen LogP contribution is 2.14. The molecule has 0 saturated carbocycles. The van der Waals surface area contributed by atoms with E-state index in [-0.39, 0.29) is 18.5 Å². The molecule has 0 atom stereocenters. The molecular weight excluding hydrogens is 400 g/mol. The molecule has 0 heterocycles.